The quantitative estimate of drug-likeness (QED) is 0.805. The third-order valence-electron chi connectivity index (χ3n) is 4.37. The second-order valence-electron chi connectivity index (χ2n) is 5.79. The zero-order valence-corrected chi connectivity index (χ0v) is 13.1. The average Bonchev–Trinajstić information content (AvgIpc) is 3.33. The van der Waals surface area contributed by atoms with E-state index in [1.165, 1.54) is 6.33 Å². The van der Waals surface area contributed by atoms with Gasteiger partial charge in [0.25, 0.3) is 5.91 Å². The summed E-state index contributed by atoms with van der Waals surface area (Å²) >= 11 is 0. The zero-order chi connectivity index (χ0) is 16.4. The maximum Gasteiger partial charge on any atom is 0.255 e. The van der Waals surface area contributed by atoms with Crippen molar-refractivity contribution >= 4 is 5.91 Å². The number of nitrogens with zero attached hydrogens (tertiary/aromatic N) is 4. The van der Waals surface area contributed by atoms with Gasteiger partial charge >= 0.3 is 0 Å². The Bertz CT molecular complexity index is 832. The Morgan fingerprint density at radius 2 is 2.00 bits per heavy atom. The summed E-state index contributed by atoms with van der Waals surface area (Å²) in [5.41, 5.74) is 2.35. The highest BCUT2D eigenvalue weighted by atomic mass is 16.2. The summed E-state index contributed by atoms with van der Waals surface area (Å²) in [6, 6.07) is 13.4. The number of aromatic amines is 1. The van der Waals surface area contributed by atoms with Gasteiger partial charge in [0.1, 0.15) is 6.33 Å². The van der Waals surface area contributed by atoms with E-state index in [0.29, 0.717) is 11.4 Å². The summed E-state index contributed by atoms with van der Waals surface area (Å²) in [5, 5.41) is 6.73. The molecule has 2 aromatic heterocycles. The van der Waals surface area contributed by atoms with E-state index >= 15 is 0 Å². The van der Waals surface area contributed by atoms with Crippen LogP contribution in [0.3, 0.4) is 0 Å². The molecule has 6 heteroatoms. The summed E-state index contributed by atoms with van der Waals surface area (Å²) in [6.07, 6.45) is 5.15. The van der Waals surface area contributed by atoms with E-state index in [1.54, 1.807) is 6.20 Å². The van der Waals surface area contributed by atoms with Gasteiger partial charge in [0, 0.05) is 18.3 Å². The summed E-state index contributed by atoms with van der Waals surface area (Å²) in [6.45, 7) is 0.741. The van der Waals surface area contributed by atoms with E-state index in [0.717, 1.165) is 30.6 Å². The second kappa shape index (κ2) is 6.23. The molecule has 0 unspecified atom stereocenters. The molecule has 0 radical (unpaired) electrons. The van der Waals surface area contributed by atoms with Crippen molar-refractivity contribution in [3.8, 4) is 11.4 Å². The largest absolute Gasteiger partial charge is 0.330 e. The molecule has 1 amide bonds. The third-order valence-corrected chi connectivity index (χ3v) is 4.37. The molecule has 1 atom stereocenters. The zero-order valence-electron chi connectivity index (χ0n) is 13.1. The molecule has 1 N–H and O–H groups in total. The predicted octanol–water partition coefficient (Wildman–Crippen LogP) is 2.84. The minimum atomic E-state index is 0.00940. The normalized spacial score (nSPS) is 17.2. The fourth-order valence-electron chi connectivity index (χ4n) is 3.26. The molecule has 0 aliphatic carbocycles. The van der Waals surface area contributed by atoms with Crippen LogP contribution in [0.4, 0.5) is 0 Å². The Labute approximate surface area is 139 Å². The van der Waals surface area contributed by atoms with Gasteiger partial charge in [-0.2, -0.15) is 5.10 Å². The van der Waals surface area contributed by atoms with E-state index in [1.807, 2.05) is 47.4 Å². The van der Waals surface area contributed by atoms with Gasteiger partial charge in [-0.25, -0.2) is 4.98 Å². The van der Waals surface area contributed by atoms with Crippen LogP contribution >= 0.6 is 0 Å². The molecular weight excluding hydrogens is 302 g/mol. The molecule has 3 aromatic rings. The van der Waals surface area contributed by atoms with E-state index < -0.39 is 0 Å². The van der Waals surface area contributed by atoms with Crippen LogP contribution < -0.4 is 0 Å². The number of hydrogen-bond acceptors (Lipinski definition) is 4. The Morgan fingerprint density at radius 1 is 1.12 bits per heavy atom. The molecule has 1 saturated heterocycles. The van der Waals surface area contributed by atoms with Crippen molar-refractivity contribution < 1.29 is 4.79 Å². The van der Waals surface area contributed by atoms with Crippen molar-refractivity contribution in [3.05, 3.63) is 66.2 Å². The van der Waals surface area contributed by atoms with Crippen molar-refractivity contribution in [2.45, 2.75) is 18.9 Å². The van der Waals surface area contributed by atoms with Gasteiger partial charge in [0.05, 0.1) is 17.3 Å². The lowest BCUT2D eigenvalue weighted by Crippen LogP contribution is -2.31. The first-order chi connectivity index (χ1) is 11.8. The summed E-state index contributed by atoms with van der Waals surface area (Å²) in [4.78, 5) is 23.7. The van der Waals surface area contributed by atoms with Crippen LogP contribution in [0.15, 0.2) is 55.0 Å². The van der Waals surface area contributed by atoms with Gasteiger partial charge in [-0.3, -0.25) is 14.9 Å². The van der Waals surface area contributed by atoms with E-state index in [2.05, 4.69) is 20.2 Å². The van der Waals surface area contributed by atoms with Crippen molar-refractivity contribution in [2.24, 2.45) is 0 Å². The minimum Gasteiger partial charge on any atom is -0.330 e. The fourth-order valence-corrected chi connectivity index (χ4v) is 3.26. The van der Waals surface area contributed by atoms with Gasteiger partial charge in [0.2, 0.25) is 0 Å². The van der Waals surface area contributed by atoms with Crippen molar-refractivity contribution in [3.63, 3.8) is 0 Å². The number of rotatable bonds is 3. The van der Waals surface area contributed by atoms with Crippen LogP contribution in [-0.2, 0) is 0 Å². The molecule has 3 heterocycles. The van der Waals surface area contributed by atoms with Crippen LogP contribution in [0.5, 0.6) is 0 Å². The predicted molar refractivity (Wildman–Crippen MR) is 89.1 cm³/mol. The maximum absolute atomic E-state index is 13.2. The maximum atomic E-state index is 13.2. The van der Waals surface area contributed by atoms with Crippen molar-refractivity contribution in [2.75, 3.05) is 6.54 Å². The molecule has 0 bridgehead atoms. The summed E-state index contributed by atoms with van der Waals surface area (Å²) in [7, 11) is 0. The lowest BCUT2D eigenvalue weighted by molar-refractivity contribution is 0.0733. The van der Waals surface area contributed by atoms with Crippen molar-refractivity contribution in [1.29, 1.82) is 0 Å². The van der Waals surface area contributed by atoms with Gasteiger partial charge < -0.3 is 4.90 Å². The smallest absolute Gasteiger partial charge is 0.255 e. The van der Waals surface area contributed by atoms with Gasteiger partial charge in [0.15, 0.2) is 5.82 Å². The number of carbonyl (C=O) groups is 1. The van der Waals surface area contributed by atoms with Crippen LogP contribution in [0, 0.1) is 0 Å². The second-order valence-corrected chi connectivity index (χ2v) is 5.79. The van der Waals surface area contributed by atoms with Gasteiger partial charge in [-0.05, 0) is 31.0 Å². The number of aromatic nitrogens is 4. The first kappa shape index (κ1) is 14.6. The number of nitrogens with one attached hydrogen (secondary N) is 1. The van der Waals surface area contributed by atoms with E-state index in [9.17, 15) is 4.79 Å². The lowest BCUT2D eigenvalue weighted by atomic mass is 10.0. The first-order valence-electron chi connectivity index (χ1n) is 8.01. The average molecular weight is 319 g/mol. The summed E-state index contributed by atoms with van der Waals surface area (Å²) in [5.74, 6) is 0.614. The van der Waals surface area contributed by atoms with Gasteiger partial charge in [-0.1, -0.05) is 24.3 Å². The minimum absolute atomic E-state index is 0.00940. The SMILES string of the molecule is O=C(c1ccccc1-c1ncn[nH]1)N1CCC[C@H]1c1ccccn1. The van der Waals surface area contributed by atoms with Gasteiger partial charge in [-0.15, -0.1) is 0 Å². The molecule has 1 fully saturated rings. The highest BCUT2D eigenvalue weighted by Gasteiger charge is 2.32. The number of carbonyl (C=O) groups excluding carboxylic acids is 1. The fraction of sp³-hybridized carbons (Fsp3) is 0.222. The van der Waals surface area contributed by atoms with E-state index in [-0.39, 0.29) is 11.9 Å². The summed E-state index contributed by atoms with van der Waals surface area (Å²) < 4.78 is 0. The topological polar surface area (TPSA) is 74.8 Å². The number of likely N-dealkylation sites (tertiary alicyclic amines) is 1. The number of hydrogen-bond donors (Lipinski definition) is 1. The standard InChI is InChI=1S/C18H17N5O/c24-18(14-7-2-1-6-13(14)17-20-12-21-22-17)23-11-5-9-16(23)15-8-3-4-10-19-15/h1-4,6-8,10,12,16H,5,9,11H2,(H,20,21,22)/t16-/m0/s1. The van der Waals surface area contributed by atoms with Crippen LogP contribution in [0.1, 0.15) is 34.9 Å². The molecule has 0 spiro atoms. The number of H-pyrrole nitrogens is 1. The number of benzene rings is 1. The number of pyridine rings is 1. The first-order valence-corrected chi connectivity index (χ1v) is 8.01. The van der Waals surface area contributed by atoms with E-state index in [4.69, 9.17) is 0 Å². The van der Waals surface area contributed by atoms with Crippen molar-refractivity contribution in [1.82, 2.24) is 25.1 Å². The highest BCUT2D eigenvalue weighted by Crippen LogP contribution is 2.33. The third kappa shape index (κ3) is 2.56. The monoisotopic (exact) mass is 319 g/mol. The molecule has 1 aliphatic rings. The highest BCUT2D eigenvalue weighted by molar-refractivity contribution is 6.00. The molecule has 1 aliphatic heterocycles. The van der Waals surface area contributed by atoms with Crippen LogP contribution in [0.25, 0.3) is 11.4 Å². The molecule has 4 rings (SSSR count). The molecule has 6 nitrogen and oxygen atoms in total. The number of amides is 1. The van der Waals surface area contributed by atoms with Crippen LogP contribution in [-0.4, -0.2) is 37.5 Å². The molecule has 0 saturated carbocycles. The molecule has 1 aromatic carbocycles. The Hall–Kier alpha value is -3.02. The van der Waals surface area contributed by atoms with Crippen LogP contribution in [0.2, 0.25) is 0 Å². The molecular formula is C18H17N5O. The molecule has 24 heavy (non-hydrogen) atoms. The molecule has 120 valence electrons. The Morgan fingerprint density at radius 3 is 2.79 bits per heavy atom. The lowest BCUT2D eigenvalue weighted by Gasteiger charge is -2.25. The Kier molecular flexibility index (Phi) is 3.78. The Balaban J connectivity index is 1.69.